The molecule has 1 aromatic carbocycles. The van der Waals surface area contributed by atoms with Gasteiger partial charge in [0.05, 0.1) is 0 Å². The molecule has 2 rings (SSSR count). The van der Waals surface area contributed by atoms with Crippen LogP contribution in [0.15, 0.2) is 29.2 Å². The van der Waals surface area contributed by atoms with Crippen LogP contribution in [0.1, 0.15) is 51.0 Å². The molecule has 0 heterocycles. The van der Waals surface area contributed by atoms with E-state index in [-0.39, 0.29) is 12.1 Å². The van der Waals surface area contributed by atoms with Gasteiger partial charge in [0.1, 0.15) is 6.10 Å². The standard InChI is InChI=1S/C17H24O2S/c1-3-6-17(18)19-15-7-4-5-8-16(15)20-14-11-9-13(2)10-12-14/h9-12,15-16H,3-8H2,1-2H3/t15-,16-/m1/s1. The predicted octanol–water partition coefficient (Wildman–Crippen LogP) is 4.74. The molecule has 20 heavy (non-hydrogen) atoms. The smallest absolute Gasteiger partial charge is 0.306 e. The highest BCUT2D eigenvalue weighted by Gasteiger charge is 2.28. The topological polar surface area (TPSA) is 26.3 Å². The summed E-state index contributed by atoms with van der Waals surface area (Å²) in [6.45, 7) is 4.12. The molecule has 3 heteroatoms. The third kappa shape index (κ3) is 4.55. The molecular weight excluding hydrogens is 268 g/mol. The Labute approximate surface area is 126 Å². The molecule has 0 aliphatic heterocycles. The summed E-state index contributed by atoms with van der Waals surface area (Å²) >= 11 is 1.86. The molecule has 0 saturated heterocycles. The van der Waals surface area contributed by atoms with E-state index >= 15 is 0 Å². The molecule has 0 amide bonds. The Morgan fingerprint density at radius 2 is 1.95 bits per heavy atom. The second kappa shape index (κ2) is 7.72. The van der Waals surface area contributed by atoms with Crippen molar-refractivity contribution < 1.29 is 9.53 Å². The molecule has 0 spiro atoms. The van der Waals surface area contributed by atoms with Crippen molar-refractivity contribution in [1.29, 1.82) is 0 Å². The molecule has 1 fully saturated rings. The van der Waals surface area contributed by atoms with Crippen LogP contribution in [0.3, 0.4) is 0 Å². The van der Waals surface area contributed by atoms with Crippen LogP contribution in [0.4, 0.5) is 0 Å². The first-order chi connectivity index (χ1) is 9.69. The van der Waals surface area contributed by atoms with Gasteiger partial charge < -0.3 is 4.74 Å². The number of ether oxygens (including phenoxy) is 1. The van der Waals surface area contributed by atoms with Gasteiger partial charge in [0, 0.05) is 16.6 Å². The molecule has 1 aliphatic carbocycles. The quantitative estimate of drug-likeness (QED) is 0.733. The van der Waals surface area contributed by atoms with Crippen molar-refractivity contribution in [3.05, 3.63) is 29.8 Å². The number of aryl methyl sites for hydroxylation is 1. The van der Waals surface area contributed by atoms with Crippen LogP contribution >= 0.6 is 11.8 Å². The normalized spacial score (nSPS) is 22.5. The van der Waals surface area contributed by atoms with Crippen molar-refractivity contribution in [3.63, 3.8) is 0 Å². The lowest BCUT2D eigenvalue weighted by Gasteiger charge is -2.30. The minimum Gasteiger partial charge on any atom is -0.461 e. The van der Waals surface area contributed by atoms with E-state index in [1.807, 2.05) is 18.7 Å². The van der Waals surface area contributed by atoms with Gasteiger partial charge in [-0.05, 0) is 44.7 Å². The number of benzene rings is 1. The number of carbonyl (C=O) groups excluding carboxylic acids is 1. The average Bonchev–Trinajstić information content (AvgIpc) is 2.44. The fourth-order valence-corrected chi connectivity index (χ4v) is 3.83. The van der Waals surface area contributed by atoms with Gasteiger partial charge in [0.15, 0.2) is 0 Å². The van der Waals surface area contributed by atoms with Crippen LogP contribution in [-0.4, -0.2) is 17.3 Å². The number of hydrogen-bond acceptors (Lipinski definition) is 3. The number of esters is 1. The highest BCUT2D eigenvalue weighted by atomic mass is 32.2. The SMILES string of the molecule is CCCC(=O)O[C@@H]1CCCC[C@H]1Sc1ccc(C)cc1. The number of carbonyl (C=O) groups is 1. The summed E-state index contributed by atoms with van der Waals surface area (Å²) in [5.41, 5.74) is 1.28. The Morgan fingerprint density at radius 3 is 2.65 bits per heavy atom. The second-order valence-electron chi connectivity index (χ2n) is 5.53. The fourth-order valence-electron chi connectivity index (χ4n) is 2.56. The molecule has 2 nitrogen and oxygen atoms in total. The third-order valence-electron chi connectivity index (χ3n) is 3.69. The van der Waals surface area contributed by atoms with Crippen LogP contribution in [0.25, 0.3) is 0 Å². The molecule has 0 radical (unpaired) electrons. The first-order valence-corrected chi connectivity index (χ1v) is 8.50. The molecule has 0 aromatic heterocycles. The lowest BCUT2D eigenvalue weighted by Crippen LogP contribution is -2.32. The lowest BCUT2D eigenvalue weighted by atomic mass is 9.97. The maximum absolute atomic E-state index is 11.7. The number of rotatable bonds is 5. The van der Waals surface area contributed by atoms with Crippen molar-refractivity contribution in [2.75, 3.05) is 0 Å². The van der Waals surface area contributed by atoms with Crippen molar-refractivity contribution in [3.8, 4) is 0 Å². The van der Waals surface area contributed by atoms with Gasteiger partial charge in [-0.25, -0.2) is 0 Å². The van der Waals surface area contributed by atoms with Crippen LogP contribution in [0.5, 0.6) is 0 Å². The first-order valence-electron chi connectivity index (χ1n) is 7.62. The van der Waals surface area contributed by atoms with Gasteiger partial charge in [0.2, 0.25) is 0 Å². The van der Waals surface area contributed by atoms with Gasteiger partial charge in [0.25, 0.3) is 0 Å². The first kappa shape index (κ1) is 15.4. The molecule has 1 saturated carbocycles. The summed E-state index contributed by atoms with van der Waals surface area (Å²) in [4.78, 5) is 13.0. The van der Waals surface area contributed by atoms with Gasteiger partial charge in [-0.1, -0.05) is 31.0 Å². The maximum Gasteiger partial charge on any atom is 0.306 e. The molecule has 0 N–H and O–H groups in total. The Hall–Kier alpha value is -0.960. The van der Waals surface area contributed by atoms with E-state index in [1.54, 1.807) is 0 Å². The zero-order valence-electron chi connectivity index (χ0n) is 12.4. The monoisotopic (exact) mass is 292 g/mol. The Bertz CT molecular complexity index is 427. The molecule has 0 unspecified atom stereocenters. The molecular formula is C17H24O2S. The summed E-state index contributed by atoms with van der Waals surface area (Å²) < 4.78 is 5.68. The summed E-state index contributed by atoms with van der Waals surface area (Å²) in [7, 11) is 0. The molecule has 2 atom stereocenters. The van der Waals surface area contributed by atoms with E-state index < -0.39 is 0 Å². The van der Waals surface area contributed by atoms with Crippen LogP contribution in [-0.2, 0) is 9.53 Å². The number of hydrogen-bond donors (Lipinski definition) is 0. The Morgan fingerprint density at radius 1 is 1.25 bits per heavy atom. The van der Waals surface area contributed by atoms with E-state index in [1.165, 1.54) is 23.3 Å². The fraction of sp³-hybridized carbons (Fsp3) is 0.588. The van der Waals surface area contributed by atoms with Crippen LogP contribution < -0.4 is 0 Å². The molecule has 110 valence electrons. The van der Waals surface area contributed by atoms with Gasteiger partial charge in [-0.2, -0.15) is 0 Å². The molecule has 1 aromatic rings. The average molecular weight is 292 g/mol. The largest absolute Gasteiger partial charge is 0.461 e. The summed E-state index contributed by atoms with van der Waals surface area (Å²) in [6.07, 6.45) is 6.07. The Kier molecular flexibility index (Phi) is 5.96. The van der Waals surface area contributed by atoms with E-state index in [4.69, 9.17) is 4.74 Å². The van der Waals surface area contributed by atoms with Crippen molar-refractivity contribution in [2.45, 2.75) is 68.6 Å². The van der Waals surface area contributed by atoms with Crippen LogP contribution in [0.2, 0.25) is 0 Å². The summed E-state index contributed by atoms with van der Waals surface area (Å²) in [5, 5.41) is 0.410. The van der Waals surface area contributed by atoms with Gasteiger partial charge in [-0.15, -0.1) is 11.8 Å². The second-order valence-corrected chi connectivity index (χ2v) is 6.84. The van der Waals surface area contributed by atoms with E-state index in [0.717, 1.165) is 19.3 Å². The highest BCUT2D eigenvalue weighted by Crippen LogP contribution is 2.35. The minimum atomic E-state index is -0.0334. The maximum atomic E-state index is 11.7. The third-order valence-corrected chi connectivity index (χ3v) is 5.07. The molecule has 1 aliphatic rings. The van der Waals surface area contributed by atoms with E-state index in [0.29, 0.717) is 11.7 Å². The lowest BCUT2D eigenvalue weighted by molar-refractivity contribution is -0.150. The van der Waals surface area contributed by atoms with Crippen molar-refractivity contribution in [1.82, 2.24) is 0 Å². The minimum absolute atomic E-state index is 0.0334. The van der Waals surface area contributed by atoms with Gasteiger partial charge >= 0.3 is 5.97 Å². The Balaban J connectivity index is 1.95. The van der Waals surface area contributed by atoms with Crippen molar-refractivity contribution >= 4 is 17.7 Å². The summed E-state index contributed by atoms with van der Waals surface area (Å²) in [6, 6.07) is 8.62. The predicted molar refractivity (Wildman–Crippen MR) is 84.1 cm³/mol. The van der Waals surface area contributed by atoms with Crippen molar-refractivity contribution in [2.24, 2.45) is 0 Å². The molecule has 0 bridgehead atoms. The zero-order valence-corrected chi connectivity index (χ0v) is 13.2. The highest BCUT2D eigenvalue weighted by molar-refractivity contribution is 8.00. The van der Waals surface area contributed by atoms with E-state index in [2.05, 4.69) is 31.2 Å². The number of thioether (sulfide) groups is 1. The van der Waals surface area contributed by atoms with Gasteiger partial charge in [-0.3, -0.25) is 4.79 Å². The van der Waals surface area contributed by atoms with Crippen LogP contribution in [0, 0.1) is 6.92 Å². The zero-order chi connectivity index (χ0) is 14.4. The summed E-state index contributed by atoms with van der Waals surface area (Å²) in [5.74, 6) is -0.0334. The van der Waals surface area contributed by atoms with E-state index in [9.17, 15) is 4.79 Å².